The van der Waals surface area contributed by atoms with E-state index in [0.29, 0.717) is 12.2 Å². The van der Waals surface area contributed by atoms with Crippen molar-refractivity contribution in [1.82, 2.24) is 0 Å². The van der Waals surface area contributed by atoms with Crippen molar-refractivity contribution in [3.8, 4) is 0 Å². The van der Waals surface area contributed by atoms with Crippen LogP contribution in [0.15, 0.2) is 0 Å². The van der Waals surface area contributed by atoms with Crippen LogP contribution in [0.3, 0.4) is 0 Å². The first-order valence-corrected chi connectivity index (χ1v) is 1.96. The predicted molar refractivity (Wildman–Crippen MR) is 27.2 cm³/mol. The SMILES string of the molecule is CC1OC1C.[NaH]. The summed E-state index contributed by atoms with van der Waals surface area (Å²) in [6.45, 7) is 4.15. The third kappa shape index (κ3) is 1.61. The van der Waals surface area contributed by atoms with Crippen molar-refractivity contribution in [1.29, 1.82) is 0 Å². The van der Waals surface area contributed by atoms with E-state index in [-0.39, 0.29) is 29.6 Å². The summed E-state index contributed by atoms with van der Waals surface area (Å²) < 4.78 is 4.92. The van der Waals surface area contributed by atoms with Crippen molar-refractivity contribution >= 4 is 29.6 Å². The van der Waals surface area contributed by atoms with Gasteiger partial charge in [-0.3, -0.25) is 0 Å². The Morgan fingerprint density at radius 2 is 1.33 bits per heavy atom. The van der Waals surface area contributed by atoms with E-state index < -0.39 is 0 Å². The summed E-state index contributed by atoms with van der Waals surface area (Å²) in [4.78, 5) is 0. The first-order valence-electron chi connectivity index (χ1n) is 1.96. The van der Waals surface area contributed by atoms with Gasteiger partial charge in [0.1, 0.15) is 0 Å². The molecule has 0 bridgehead atoms. The molecule has 0 amide bonds. The fourth-order valence-electron chi connectivity index (χ4n) is 0.293. The second kappa shape index (κ2) is 2.31. The normalized spacial score (nSPS) is 41.0. The van der Waals surface area contributed by atoms with Crippen LogP contribution in [0, 0.1) is 0 Å². The van der Waals surface area contributed by atoms with Crippen molar-refractivity contribution in [3.63, 3.8) is 0 Å². The molecule has 0 aromatic heterocycles. The molecule has 1 nitrogen and oxygen atoms in total. The van der Waals surface area contributed by atoms with Gasteiger partial charge in [0.15, 0.2) is 0 Å². The fourth-order valence-corrected chi connectivity index (χ4v) is 0.293. The molecule has 0 aromatic carbocycles. The number of hydrogen-bond donors (Lipinski definition) is 0. The molecule has 0 aliphatic carbocycles. The molecule has 1 rings (SSSR count). The first-order chi connectivity index (χ1) is 2.30. The average Bonchev–Trinajstić information content (AvgIpc) is 1.79. The number of epoxide rings is 1. The van der Waals surface area contributed by atoms with Crippen molar-refractivity contribution in [2.75, 3.05) is 0 Å². The van der Waals surface area contributed by atoms with Gasteiger partial charge < -0.3 is 4.74 Å². The van der Waals surface area contributed by atoms with Gasteiger partial charge in [0, 0.05) is 0 Å². The Balaban J connectivity index is 0.000000250. The van der Waals surface area contributed by atoms with Gasteiger partial charge in [-0.25, -0.2) is 0 Å². The Morgan fingerprint density at radius 3 is 1.33 bits per heavy atom. The van der Waals surface area contributed by atoms with E-state index in [2.05, 4.69) is 13.8 Å². The van der Waals surface area contributed by atoms with E-state index in [1.807, 2.05) is 0 Å². The molecular formula is C4H9NaO. The van der Waals surface area contributed by atoms with Gasteiger partial charge in [-0.15, -0.1) is 0 Å². The van der Waals surface area contributed by atoms with Crippen LogP contribution >= 0.6 is 0 Å². The standard InChI is InChI=1S/C4H8O.Na.H/c1-3-4(2)5-3;;/h3-4H,1-2H3;;. The van der Waals surface area contributed by atoms with Gasteiger partial charge in [0.25, 0.3) is 0 Å². The predicted octanol–water partition coefficient (Wildman–Crippen LogP) is 0.145. The number of hydrogen-bond acceptors (Lipinski definition) is 1. The maximum atomic E-state index is 4.92. The Labute approximate surface area is 60.4 Å². The molecule has 2 heteroatoms. The van der Waals surface area contributed by atoms with Crippen LogP contribution < -0.4 is 0 Å². The maximum absolute atomic E-state index is 4.92. The molecule has 2 unspecified atom stereocenters. The molecular weight excluding hydrogens is 87.0 g/mol. The van der Waals surface area contributed by atoms with Gasteiger partial charge >= 0.3 is 29.6 Å². The summed E-state index contributed by atoms with van der Waals surface area (Å²) in [6.07, 6.45) is 1.10. The molecule has 6 heavy (non-hydrogen) atoms. The van der Waals surface area contributed by atoms with Gasteiger partial charge in [0.2, 0.25) is 0 Å². The van der Waals surface area contributed by atoms with E-state index in [0.717, 1.165) is 0 Å². The molecule has 1 heterocycles. The van der Waals surface area contributed by atoms with Crippen LogP contribution in [-0.4, -0.2) is 41.8 Å². The molecule has 1 fully saturated rings. The Bertz CT molecular complexity index is 40.8. The molecule has 0 saturated carbocycles. The summed E-state index contributed by atoms with van der Waals surface area (Å²) in [6, 6.07) is 0. The molecule has 0 radical (unpaired) electrons. The summed E-state index contributed by atoms with van der Waals surface area (Å²) in [5.41, 5.74) is 0. The van der Waals surface area contributed by atoms with Crippen LogP contribution in [0.25, 0.3) is 0 Å². The van der Waals surface area contributed by atoms with Crippen molar-refractivity contribution in [3.05, 3.63) is 0 Å². The zero-order valence-electron chi connectivity index (χ0n) is 3.56. The number of rotatable bonds is 0. The summed E-state index contributed by atoms with van der Waals surface area (Å²) >= 11 is 0. The Kier molecular flexibility index (Phi) is 2.68. The second-order valence-corrected chi connectivity index (χ2v) is 1.55. The molecule has 0 spiro atoms. The minimum atomic E-state index is 0. The van der Waals surface area contributed by atoms with Crippen molar-refractivity contribution < 1.29 is 4.74 Å². The van der Waals surface area contributed by atoms with Gasteiger partial charge in [-0.05, 0) is 13.8 Å². The summed E-state index contributed by atoms with van der Waals surface area (Å²) in [5, 5.41) is 0. The third-order valence-corrected chi connectivity index (χ3v) is 1.01. The Hall–Kier alpha value is 0.960. The molecule has 32 valence electrons. The molecule has 1 saturated heterocycles. The number of ether oxygens (including phenoxy) is 1. The van der Waals surface area contributed by atoms with Crippen molar-refractivity contribution in [2.24, 2.45) is 0 Å². The fraction of sp³-hybridized carbons (Fsp3) is 1.00. The van der Waals surface area contributed by atoms with E-state index in [1.54, 1.807) is 0 Å². The van der Waals surface area contributed by atoms with Crippen LogP contribution in [0.1, 0.15) is 13.8 Å². The second-order valence-electron chi connectivity index (χ2n) is 1.55. The van der Waals surface area contributed by atoms with E-state index in [4.69, 9.17) is 4.74 Å². The zero-order chi connectivity index (χ0) is 3.86. The van der Waals surface area contributed by atoms with Gasteiger partial charge in [-0.2, -0.15) is 0 Å². The molecule has 2 atom stereocenters. The molecule has 0 N–H and O–H groups in total. The van der Waals surface area contributed by atoms with E-state index in [9.17, 15) is 0 Å². The average molecular weight is 96.1 g/mol. The Morgan fingerprint density at radius 1 is 1.17 bits per heavy atom. The summed E-state index contributed by atoms with van der Waals surface area (Å²) in [5.74, 6) is 0. The monoisotopic (exact) mass is 96.1 g/mol. The van der Waals surface area contributed by atoms with E-state index >= 15 is 0 Å². The molecule has 1 aliphatic rings. The van der Waals surface area contributed by atoms with Gasteiger partial charge in [-0.1, -0.05) is 0 Å². The topological polar surface area (TPSA) is 12.5 Å². The molecule has 1 aliphatic heterocycles. The third-order valence-electron chi connectivity index (χ3n) is 1.01. The first kappa shape index (κ1) is 6.96. The quantitative estimate of drug-likeness (QED) is 0.309. The minimum absolute atomic E-state index is 0. The van der Waals surface area contributed by atoms with Crippen LogP contribution in [0.5, 0.6) is 0 Å². The van der Waals surface area contributed by atoms with Gasteiger partial charge in [0.05, 0.1) is 12.2 Å². The van der Waals surface area contributed by atoms with Crippen LogP contribution in [0.2, 0.25) is 0 Å². The van der Waals surface area contributed by atoms with Crippen molar-refractivity contribution in [2.45, 2.75) is 26.1 Å². The van der Waals surface area contributed by atoms with Crippen LogP contribution in [0.4, 0.5) is 0 Å². The van der Waals surface area contributed by atoms with E-state index in [1.165, 1.54) is 0 Å². The zero-order valence-corrected chi connectivity index (χ0v) is 3.56. The summed E-state index contributed by atoms with van der Waals surface area (Å²) in [7, 11) is 0. The molecule has 0 aromatic rings. The van der Waals surface area contributed by atoms with Crippen LogP contribution in [-0.2, 0) is 4.74 Å².